The van der Waals surface area contributed by atoms with Crippen molar-refractivity contribution >= 4 is 23.5 Å². The van der Waals surface area contributed by atoms with E-state index in [0.717, 1.165) is 12.2 Å². The number of benzene rings is 2. The summed E-state index contributed by atoms with van der Waals surface area (Å²) in [6.07, 6.45) is 1.62. The first-order valence-electron chi connectivity index (χ1n) is 6.47. The second-order valence-electron chi connectivity index (χ2n) is 4.50. The van der Waals surface area contributed by atoms with E-state index in [0.29, 0.717) is 10.6 Å². The number of nitrogens with zero attached hydrogens (tertiary/aromatic N) is 2. The number of hydrazone groups is 1. The Morgan fingerprint density at radius 3 is 2.55 bits per heavy atom. The third-order valence-corrected chi connectivity index (χ3v) is 3.19. The summed E-state index contributed by atoms with van der Waals surface area (Å²) in [5, 5.41) is 16.6. The van der Waals surface area contributed by atoms with Crippen molar-refractivity contribution < 1.29 is 5.11 Å². The van der Waals surface area contributed by atoms with Crippen LogP contribution in [0.15, 0.2) is 47.6 Å². The third kappa shape index (κ3) is 3.52. The molecular weight excluding hydrogens is 272 g/mol. The summed E-state index contributed by atoms with van der Waals surface area (Å²) >= 11 is 5.91. The first kappa shape index (κ1) is 14.4. The Bertz CT molecular complexity index is 608. The van der Waals surface area contributed by atoms with Gasteiger partial charge in [-0.05, 0) is 44.2 Å². The Balaban J connectivity index is 2.23. The van der Waals surface area contributed by atoms with E-state index < -0.39 is 0 Å². The molecule has 0 radical (unpaired) electrons. The van der Waals surface area contributed by atoms with E-state index >= 15 is 0 Å². The van der Waals surface area contributed by atoms with E-state index in [1.165, 1.54) is 5.56 Å². The van der Waals surface area contributed by atoms with Crippen molar-refractivity contribution in [1.29, 1.82) is 0 Å². The second kappa shape index (κ2) is 6.44. The number of aromatic hydroxyl groups is 1. The average Bonchev–Trinajstić information content (AvgIpc) is 2.45. The van der Waals surface area contributed by atoms with Gasteiger partial charge in [0.2, 0.25) is 0 Å². The molecule has 2 aromatic rings. The highest BCUT2D eigenvalue weighted by Gasteiger charge is 2.03. The lowest BCUT2D eigenvalue weighted by Crippen LogP contribution is -2.15. The zero-order chi connectivity index (χ0) is 14.5. The van der Waals surface area contributed by atoms with Gasteiger partial charge < -0.3 is 5.11 Å². The van der Waals surface area contributed by atoms with E-state index in [4.69, 9.17) is 11.6 Å². The monoisotopic (exact) mass is 288 g/mol. The van der Waals surface area contributed by atoms with Crippen molar-refractivity contribution in [2.45, 2.75) is 13.8 Å². The minimum absolute atomic E-state index is 0.165. The Labute approximate surface area is 124 Å². The average molecular weight is 289 g/mol. The minimum Gasteiger partial charge on any atom is -0.507 e. The van der Waals surface area contributed by atoms with E-state index in [2.05, 4.69) is 5.10 Å². The van der Waals surface area contributed by atoms with Crippen molar-refractivity contribution in [1.82, 2.24) is 0 Å². The van der Waals surface area contributed by atoms with Crippen LogP contribution < -0.4 is 5.01 Å². The largest absolute Gasteiger partial charge is 0.507 e. The number of phenolic OH excluding ortho intramolecular Hbond substituents is 1. The van der Waals surface area contributed by atoms with Crippen LogP contribution in [0.2, 0.25) is 5.02 Å². The Kier molecular flexibility index (Phi) is 4.64. The molecule has 0 atom stereocenters. The normalized spacial score (nSPS) is 10.9. The number of hydrogen-bond acceptors (Lipinski definition) is 3. The van der Waals surface area contributed by atoms with Gasteiger partial charge in [-0.2, -0.15) is 5.10 Å². The molecule has 0 saturated heterocycles. The molecule has 0 saturated carbocycles. The summed E-state index contributed by atoms with van der Waals surface area (Å²) in [6, 6.07) is 13.0. The third-order valence-electron chi connectivity index (χ3n) is 2.96. The molecule has 2 aromatic carbocycles. The van der Waals surface area contributed by atoms with Gasteiger partial charge in [-0.25, -0.2) is 0 Å². The highest BCUT2D eigenvalue weighted by Crippen LogP contribution is 2.20. The van der Waals surface area contributed by atoms with Crippen molar-refractivity contribution in [2.24, 2.45) is 5.10 Å². The molecule has 0 aliphatic carbocycles. The molecule has 0 aliphatic rings. The van der Waals surface area contributed by atoms with Gasteiger partial charge in [0.05, 0.1) is 11.9 Å². The predicted molar refractivity (Wildman–Crippen MR) is 84.9 cm³/mol. The summed E-state index contributed by atoms with van der Waals surface area (Å²) in [7, 11) is 0. The van der Waals surface area contributed by atoms with Crippen molar-refractivity contribution in [2.75, 3.05) is 11.6 Å². The highest BCUT2D eigenvalue weighted by molar-refractivity contribution is 6.30. The van der Waals surface area contributed by atoms with Crippen LogP contribution in [-0.4, -0.2) is 17.9 Å². The maximum Gasteiger partial charge on any atom is 0.124 e. The van der Waals surface area contributed by atoms with Crippen molar-refractivity contribution in [3.63, 3.8) is 0 Å². The molecule has 1 N–H and O–H groups in total. The lowest BCUT2D eigenvalue weighted by atomic mass is 10.2. The molecule has 0 spiro atoms. The van der Waals surface area contributed by atoms with Crippen LogP contribution in [0, 0.1) is 6.92 Å². The molecule has 0 unspecified atom stereocenters. The fourth-order valence-electron chi connectivity index (χ4n) is 1.81. The van der Waals surface area contributed by atoms with Gasteiger partial charge >= 0.3 is 0 Å². The molecule has 0 aromatic heterocycles. The molecular formula is C16H17ClN2O. The molecule has 2 rings (SSSR count). The van der Waals surface area contributed by atoms with Crippen LogP contribution in [-0.2, 0) is 0 Å². The standard InChI is InChI=1S/C16H17ClN2O/c1-3-19(15-7-4-12(2)5-8-15)18-11-13-10-14(17)6-9-16(13)20/h4-11,20H,3H2,1-2H3/b18-11+. The minimum atomic E-state index is 0.165. The fraction of sp³-hybridized carbons (Fsp3) is 0.188. The van der Waals surface area contributed by atoms with Crippen LogP contribution in [0.5, 0.6) is 5.75 Å². The summed E-state index contributed by atoms with van der Waals surface area (Å²) in [6.45, 7) is 4.81. The first-order chi connectivity index (χ1) is 9.60. The molecule has 0 bridgehead atoms. The number of phenols is 1. The molecule has 20 heavy (non-hydrogen) atoms. The Morgan fingerprint density at radius 1 is 1.20 bits per heavy atom. The number of aryl methyl sites for hydroxylation is 1. The molecule has 0 fully saturated rings. The molecule has 0 heterocycles. The van der Waals surface area contributed by atoms with E-state index in [-0.39, 0.29) is 5.75 Å². The molecule has 0 amide bonds. The summed E-state index contributed by atoms with van der Waals surface area (Å²) in [5.74, 6) is 0.165. The zero-order valence-electron chi connectivity index (χ0n) is 11.5. The van der Waals surface area contributed by atoms with E-state index in [9.17, 15) is 5.11 Å². The van der Waals surface area contributed by atoms with Crippen LogP contribution >= 0.6 is 11.6 Å². The smallest absolute Gasteiger partial charge is 0.124 e. The highest BCUT2D eigenvalue weighted by atomic mass is 35.5. The summed E-state index contributed by atoms with van der Waals surface area (Å²) in [4.78, 5) is 0. The summed E-state index contributed by atoms with van der Waals surface area (Å²) < 4.78 is 0. The molecule has 0 aliphatic heterocycles. The number of hydrogen-bond donors (Lipinski definition) is 1. The maximum atomic E-state index is 9.76. The van der Waals surface area contributed by atoms with Crippen molar-refractivity contribution in [3.05, 3.63) is 58.6 Å². The molecule has 3 nitrogen and oxygen atoms in total. The van der Waals surface area contributed by atoms with Gasteiger partial charge in [0.15, 0.2) is 0 Å². The predicted octanol–water partition coefficient (Wildman–Crippen LogP) is 4.21. The molecule has 4 heteroatoms. The lowest BCUT2D eigenvalue weighted by molar-refractivity contribution is 0.474. The van der Waals surface area contributed by atoms with Crippen LogP contribution in [0.25, 0.3) is 0 Å². The maximum absolute atomic E-state index is 9.76. The van der Waals surface area contributed by atoms with Gasteiger partial charge in [0, 0.05) is 17.1 Å². The number of rotatable bonds is 4. The SMILES string of the molecule is CCN(/N=C/c1cc(Cl)ccc1O)c1ccc(C)cc1. The zero-order valence-corrected chi connectivity index (χ0v) is 12.3. The fourth-order valence-corrected chi connectivity index (χ4v) is 1.99. The Hall–Kier alpha value is -2.00. The molecule has 104 valence electrons. The van der Waals surface area contributed by atoms with Gasteiger partial charge in [-0.15, -0.1) is 0 Å². The van der Waals surface area contributed by atoms with Crippen LogP contribution in [0.3, 0.4) is 0 Å². The van der Waals surface area contributed by atoms with Gasteiger partial charge in [0.25, 0.3) is 0 Å². The second-order valence-corrected chi connectivity index (χ2v) is 4.94. The van der Waals surface area contributed by atoms with E-state index in [1.54, 1.807) is 24.4 Å². The number of anilines is 1. The topological polar surface area (TPSA) is 35.8 Å². The van der Waals surface area contributed by atoms with Gasteiger partial charge in [-0.3, -0.25) is 5.01 Å². The quantitative estimate of drug-likeness (QED) is 0.675. The lowest BCUT2D eigenvalue weighted by Gasteiger charge is -2.17. The van der Waals surface area contributed by atoms with Crippen molar-refractivity contribution in [3.8, 4) is 5.75 Å². The van der Waals surface area contributed by atoms with Crippen LogP contribution in [0.1, 0.15) is 18.1 Å². The van der Waals surface area contributed by atoms with E-state index in [1.807, 2.05) is 43.1 Å². The number of halogens is 1. The van der Waals surface area contributed by atoms with Gasteiger partial charge in [-0.1, -0.05) is 29.3 Å². The Morgan fingerprint density at radius 2 is 1.90 bits per heavy atom. The van der Waals surface area contributed by atoms with Crippen LogP contribution in [0.4, 0.5) is 5.69 Å². The summed E-state index contributed by atoms with van der Waals surface area (Å²) in [5.41, 5.74) is 2.82. The van der Waals surface area contributed by atoms with Gasteiger partial charge in [0.1, 0.15) is 5.75 Å². The first-order valence-corrected chi connectivity index (χ1v) is 6.84.